The molecule has 112 valence electrons. The van der Waals surface area contributed by atoms with Crippen LogP contribution in [-0.4, -0.2) is 16.5 Å². The molecule has 1 heterocycles. The summed E-state index contributed by atoms with van der Waals surface area (Å²) in [7, 11) is 0. The van der Waals surface area contributed by atoms with Crippen molar-refractivity contribution in [2.75, 3.05) is 11.9 Å². The highest BCUT2D eigenvalue weighted by Gasteiger charge is 2.10. The van der Waals surface area contributed by atoms with E-state index in [1.807, 2.05) is 25.1 Å². The molecule has 0 aliphatic rings. The van der Waals surface area contributed by atoms with Gasteiger partial charge in [0.05, 0.1) is 15.9 Å². The lowest BCUT2D eigenvalue weighted by Gasteiger charge is -2.11. The molecule has 0 unspecified atom stereocenters. The molecule has 0 saturated heterocycles. The Kier molecular flexibility index (Phi) is 6.51. The van der Waals surface area contributed by atoms with E-state index in [1.54, 1.807) is 11.8 Å². The third-order valence-electron chi connectivity index (χ3n) is 2.80. The van der Waals surface area contributed by atoms with Gasteiger partial charge in [-0.05, 0) is 57.3 Å². The number of benzene rings is 1. The summed E-state index contributed by atoms with van der Waals surface area (Å²) in [6, 6.07) is 8.19. The molecule has 1 aromatic heterocycles. The molecule has 2 rings (SSSR count). The maximum atomic E-state index is 4.61. The first-order valence-corrected chi connectivity index (χ1v) is 9.33. The van der Waals surface area contributed by atoms with Crippen molar-refractivity contribution in [2.45, 2.75) is 30.9 Å². The van der Waals surface area contributed by atoms with E-state index in [0.29, 0.717) is 0 Å². The van der Waals surface area contributed by atoms with E-state index >= 15 is 0 Å². The van der Waals surface area contributed by atoms with Gasteiger partial charge in [0.15, 0.2) is 0 Å². The number of nitrogens with zero attached hydrogens (tertiary/aromatic N) is 2. The van der Waals surface area contributed by atoms with E-state index in [2.05, 4.69) is 60.1 Å². The van der Waals surface area contributed by atoms with Crippen LogP contribution in [0.3, 0.4) is 0 Å². The van der Waals surface area contributed by atoms with E-state index in [-0.39, 0.29) is 0 Å². The van der Waals surface area contributed by atoms with Gasteiger partial charge in [-0.25, -0.2) is 9.97 Å². The van der Waals surface area contributed by atoms with E-state index in [1.165, 1.54) is 4.90 Å². The van der Waals surface area contributed by atoms with Crippen LogP contribution < -0.4 is 5.32 Å². The second-order valence-electron chi connectivity index (χ2n) is 4.53. The molecule has 0 bridgehead atoms. The summed E-state index contributed by atoms with van der Waals surface area (Å²) in [5, 5.41) is 3.34. The molecule has 0 amide bonds. The first-order chi connectivity index (χ1) is 10.1. The van der Waals surface area contributed by atoms with Gasteiger partial charge in [0.25, 0.3) is 0 Å². The predicted molar refractivity (Wildman–Crippen MR) is 97.0 cm³/mol. The number of halogens is 2. The van der Waals surface area contributed by atoms with Crippen molar-refractivity contribution in [1.82, 2.24) is 9.97 Å². The van der Waals surface area contributed by atoms with Gasteiger partial charge in [-0.1, -0.05) is 19.1 Å². The molecular formula is C15H17Br2N3S. The Morgan fingerprint density at radius 2 is 1.95 bits per heavy atom. The molecular weight excluding hydrogens is 414 g/mol. The van der Waals surface area contributed by atoms with Crippen molar-refractivity contribution in [1.29, 1.82) is 0 Å². The second-order valence-corrected chi connectivity index (χ2v) is 7.20. The Hall–Kier alpha value is -0.590. The fraction of sp³-hybridized carbons (Fsp3) is 0.333. The topological polar surface area (TPSA) is 37.8 Å². The molecule has 0 fully saturated rings. The quantitative estimate of drug-likeness (QED) is 0.620. The van der Waals surface area contributed by atoms with Crippen LogP contribution in [-0.2, 0) is 5.75 Å². The smallest absolute Gasteiger partial charge is 0.144 e. The fourth-order valence-electron chi connectivity index (χ4n) is 1.75. The summed E-state index contributed by atoms with van der Waals surface area (Å²) in [5.74, 6) is 2.47. The first-order valence-electron chi connectivity index (χ1n) is 6.76. The molecule has 1 aromatic carbocycles. The van der Waals surface area contributed by atoms with Crippen molar-refractivity contribution in [2.24, 2.45) is 0 Å². The fourth-order valence-corrected chi connectivity index (χ4v) is 3.49. The number of nitrogens with one attached hydrogen (secondary N) is 1. The number of hydrogen-bond donors (Lipinski definition) is 1. The summed E-state index contributed by atoms with van der Waals surface area (Å²) in [6.45, 7) is 5.04. The van der Waals surface area contributed by atoms with Crippen LogP contribution in [0.5, 0.6) is 0 Å². The van der Waals surface area contributed by atoms with Crippen LogP contribution in [0.2, 0.25) is 0 Å². The summed E-state index contributed by atoms with van der Waals surface area (Å²) in [5.41, 5.74) is 0.964. The number of thioether (sulfide) groups is 1. The average molecular weight is 431 g/mol. The van der Waals surface area contributed by atoms with Gasteiger partial charge in [0.1, 0.15) is 11.6 Å². The van der Waals surface area contributed by atoms with E-state index < -0.39 is 0 Å². The molecule has 21 heavy (non-hydrogen) atoms. The highest BCUT2D eigenvalue weighted by Crippen LogP contribution is 2.30. The third-order valence-corrected chi connectivity index (χ3v) is 5.77. The Morgan fingerprint density at radius 1 is 1.19 bits per heavy atom. The van der Waals surface area contributed by atoms with Crippen LogP contribution in [0.15, 0.2) is 38.1 Å². The summed E-state index contributed by atoms with van der Waals surface area (Å²) in [6.07, 6.45) is 1.07. The molecule has 0 radical (unpaired) electrons. The van der Waals surface area contributed by atoms with Crippen molar-refractivity contribution in [3.05, 3.63) is 44.7 Å². The molecule has 0 atom stereocenters. The van der Waals surface area contributed by atoms with Crippen molar-refractivity contribution in [3.63, 3.8) is 0 Å². The molecule has 3 nitrogen and oxygen atoms in total. The predicted octanol–water partition coefficient (Wildman–Crippen LogP) is 5.42. The Morgan fingerprint density at radius 3 is 2.67 bits per heavy atom. The normalized spacial score (nSPS) is 10.7. The number of hydrogen-bond acceptors (Lipinski definition) is 4. The van der Waals surface area contributed by atoms with Crippen molar-refractivity contribution < 1.29 is 0 Å². The Bertz CT molecular complexity index is 620. The van der Waals surface area contributed by atoms with Crippen molar-refractivity contribution in [3.8, 4) is 0 Å². The van der Waals surface area contributed by atoms with E-state index in [9.17, 15) is 0 Å². The molecule has 0 aliphatic carbocycles. The van der Waals surface area contributed by atoms with Crippen LogP contribution in [0.25, 0.3) is 0 Å². The average Bonchev–Trinajstić information content (AvgIpc) is 2.48. The second kappa shape index (κ2) is 8.15. The lowest BCUT2D eigenvalue weighted by Crippen LogP contribution is -2.07. The summed E-state index contributed by atoms with van der Waals surface area (Å²) >= 11 is 8.85. The largest absolute Gasteiger partial charge is 0.369 e. The minimum absolute atomic E-state index is 0.748. The van der Waals surface area contributed by atoms with Gasteiger partial charge in [0, 0.05) is 15.9 Å². The van der Waals surface area contributed by atoms with Gasteiger partial charge < -0.3 is 5.32 Å². The SMILES string of the molecule is CCCNc1nc(CSc2ccccc2Br)nc(C)c1Br. The van der Waals surface area contributed by atoms with Gasteiger partial charge >= 0.3 is 0 Å². The molecule has 2 aromatic rings. The number of rotatable bonds is 6. The zero-order valence-corrected chi connectivity index (χ0v) is 16.0. The van der Waals surface area contributed by atoms with Crippen LogP contribution in [0, 0.1) is 6.92 Å². The Balaban J connectivity index is 2.13. The van der Waals surface area contributed by atoms with Gasteiger partial charge in [-0.15, -0.1) is 11.8 Å². The highest BCUT2D eigenvalue weighted by molar-refractivity contribution is 9.11. The lowest BCUT2D eigenvalue weighted by atomic mass is 10.4. The maximum Gasteiger partial charge on any atom is 0.144 e. The van der Waals surface area contributed by atoms with E-state index in [0.717, 1.165) is 45.0 Å². The lowest BCUT2D eigenvalue weighted by molar-refractivity contribution is 0.934. The highest BCUT2D eigenvalue weighted by atomic mass is 79.9. The number of anilines is 1. The van der Waals surface area contributed by atoms with Gasteiger partial charge in [-0.3, -0.25) is 0 Å². The molecule has 0 spiro atoms. The van der Waals surface area contributed by atoms with Gasteiger partial charge in [0.2, 0.25) is 0 Å². The molecule has 6 heteroatoms. The van der Waals surface area contributed by atoms with Crippen LogP contribution in [0.4, 0.5) is 5.82 Å². The minimum Gasteiger partial charge on any atom is -0.369 e. The van der Waals surface area contributed by atoms with Crippen LogP contribution in [0.1, 0.15) is 24.9 Å². The standard InChI is InChI=1S/C15H17Br2N3S/c1-3-8-18-15-14(17)10(2)19-13(20-15)9-21-12-7-5-4-6-11(12)16/h4-7H,3,8-9H2,1-2H3,(H,18,19,20). The zero-order chi connectivity index (χ0) is 15.2. The Labute approximate surface area is 146 Å². The summed E-state index contributed by atoms with van der Waals surface area (Å²) < 4.78 is 2.05. The molecule has 0 saturated carbocycles. The summed E-state index contributed by atoms with van der Waals surface area (Å²) in [4.78, 5) is 10.4. The van der Waals surface area contributed by atoms with Crippen LogP contribution >= 0.6 is 43.6 Å². The number of aromatic nitrogens is 2. The minimum atomic E-state index is 0.748. The first kappa shape index (κ1) is 16.8. The van der Waals surface area contributed by atoms with E-state index in [4.69, 9.17) is 0 Å². The molecule has 1 N–H and O–H groups in total. The number of aryl methyl sites for hydroxylation is 1. The third kappa shape index (κ3) is 4.69. The van der Waals surface area contributed by atoms with Gasteiger partial charge in [-0.2, -0.15) is 0 Å². The monoisotopic (exact) mass is 429 g/mol. The van der Waals surface area contributed by atoms with Crippen molar-refractivity contribution >= 4 is 49.4 Å². The molecule has 0 aliphatic heterocycles. The maximum absolute atomic E-state index is 4.61. The zero-order valence-electron chi connectivity index (χ0n) is 12.0.